The molecule has 0 saturated carbocycles. The van der Waals surface area contributed by atoms with Crippen LogP contribution in [0.15, 0.2) is 41.1 Å². The summed E-state index contributed by atoms with van der Waals surface area (Å²) in [4.78, 5) is 52.9. The molecular formula is C25H25FN6O8. The number of anilines is 1. The minimum Gasteiger partial charge on any atom is -0.510 e. The molecule has 2 amide bonds. The summed E-state index contributed by atoms with van der Waals surface area (Å²) in [6.45, 7) is -0.327. The zero-order valence-electron chi connectivity index (χ0n) is 21.3. The first kappa shape index (κ1) is 27.0. The predicted octanol–water partition coefficient (Wildman–Crippen LogP) is -0.510. The molecule has 7 N–H and O–H groups in total. The van der Waals surface area contributed by atoms with Crippen molar-refractivity contribution in [2.24, 2.45) is 17.6 Å². The van der Waals surface area contributed by atoms with Crippen LogP contribution in [0.4, 0.5) is 10.1 Å². The minimum absolute atomic E-state index is 0.178. The van der Waals surface area contributed by atoms with E-state index in [0.29, 0.717) is 0 Å². The van der Waals surface area contributed by atoms with Crippen LogP contribution in [0.3, 0.4) is 0 Å². The summed E-state index contributed by atoms with van der Waals surface area (Å²) in [6.07, 6.45) is 2.34. The second-order valence-corrected chi connectivity index (χ2v) is 10.2. The molecule has 0 bridgehead atoms. The number of Topliss-reactive ketones (excluding diaryl/α,β-unsaturated/α-hetero) is 2. The average molecular weight is 557 g/mol. The van der Waals surface area contributed by atoms with Gasteiger partial charge in [-0.15, -0.1) is 5.10 Å². The molecule has 0 unspecified atom stereocenters. The van der Waals surface area contributed by atoms with E-state index in [1.54, 1.807) is 0 Å². The van der Waals surface area contributed by atoms with Gasteiger partial charge >= 0.3 is 0 Å². The van der Waals surface area contributed by atoms with E-state index >= 15 is 4.39 Å². The molecule has 0 spiro atoms. The molecule has 5 rings (SSSR count). The van der Waals surface area contributed by atoms with Gasteiger partial charge in [0.05, 0.1) is 23.5 Å². The van der Waals surface area contributed by atoms with E-state index in [4.69, 9.17) is 5.73 Å². The van der Waals surface area contributed by atoms with Gasteiger partial charge in [-0.05, 0) is 32.9 Å². The molecule has 210 valence electrons. The van der Waals surface area contributed by atoms with Gasteiger partial charge in [0, 0.05) is 29.3 Å². The number of rotatable bonds is 5. The van der Waals surface area contributed by atoms with Crippen LogP contribution in [-0.4, -0.2) is 89.4 Å². The Balaban J connectivity index is 1.60. The van der Waals surface area contributed by atoms with Gasteiger partial charge in [-0.2, -0.15) is 0 Å². The van der Waals surface area contributed by atoms with E-state index in [1.165, 1.54) is 36.1 Å². The van der Waals surface area contributed by atoms with E-state index in [0.717, 1.165) is 6.07 Å². The maximum absolute atomic E-state index is 15.3. The van der Waals surface area contributed by atoms with Crippen LogP contribution in [0.1, 0.15) is 22.3 Å². The molecule has 0 aliphatic heterocycles. The van der Waals surface area contributed by atoms with E-state index < -0.39 is 92.3 Å². The monoisotopic (exact) mass is 556 g/mol. The lowest BCUT2D eigenvalue weighted by molar-refractivity contribution is -0.148. The Labute approximate surface area is 225 Å². The third-order valence-electron chi connectivity index (χ3n) is 7.72. The molecule has 0 radical (unpaired) electrons. The number of benzene rings is 1. The normalized spacial score (nSPS) is 26.0. The second-order valence-electron chi connectivity index (χ2n) is 10.2. The van der Waals surface area contributed by atoms with E-state index in [9.17, 15) is 39.6 Å². The van der Waals surface area contributed by atoms with E-state index in [-0.39, 0.29) is 24.9 Å². The Kier molecular flexibility index (Phi) is 6.22. The summed E-state index contributed by atoms with van der Waals surface area (Å²) in [5, 5.41) is 54.1. The van der Waals surface area contributed by atoms with Crippen molar-refractivity contribution in [2.45, 2.75) is 31.0 Å². The van der Waals surface area contributed by atoms with E-state index in [2.05, 4.69) is 15.6 Å². The minimum atomic E-state index is -2.82. The lowest BCUT2D eigenvalue weighted by atomic mass is 9.58. The fraction of sp³-hybridized carbons (Fsp3) is 0.360. The first-order valence-electron chi connectivity index (χ1n) is 12.1. The molecule has 0 fully saturated rings. The number of aliphatic hydroxyl groups excluding tert-OH is 2. The summed E-state index contributed by atoms with van der Waals surface area (Å²) in [6, 6.07) is -0.305. The number of nitrogens with zero attached hydrogens (tertiary/aromatic N) is 4. The number of carbonyl (C=O) groups is 4. The van der Waals surface area contributed by atoms with Gasteiger partial charge in [0.25, 0.3) is 5.91 Å². The van der Waals surface area contributed by atoms with Crippen molar-refractivity contribution < 1.29 is 44.0 Å². The lowest BCUT2D eigenvalue weighted by Crippen LogP contribution is -2.63. The summed E-state index contributed by atoms with van der Waals surface area (Å²) >= 11 is 0. The summed E-state index contributed by atoms with van der Waals surface area (Å²) in [5.74, 6) is -10.1. The molecule has 40 heavy (non-hydrogen) atoms. The largest absolute Gasteiger partial charge is 0.510 e. The van der Waals surface area contributed by atoms with Gasteiger partial charge in [0.15, 0.2) is 17.1 Å². The Morgan fingerprint density at radius 1 is 1.27 bits per heavy atom. The smallest absolute Gasteiger partial charge is 0.255 e. The maximum Gasteiger partial charge on any atom is 0.255 e. The highest BCUT2D eigenvalue weighted by atomic mass is 19.1. The summed E-state index contributed by atoms with van der Waals surface area (Å²) in [5.41, 5.74) is -0.0604. The standard InChI is InChI=1S/C25H25FN6O8/c1-31(2)18-11-6-9-5-10-12(26)7-13(29-14(33)8-32-4-3-28-30-32)19(34)16(10)20(35)15(9)22(37)25(11,40)23(38)17(21(18)36)24(27)39/h3-4,7,9,11,18,34,36-37,40H,5-6,8H2,1-2H3,(H2,27,39)(H,29,33)/t9-,11-,18-,25-/m0/s1. The molecule has 3 aliphatic rings. The second kappa shape index (κ2) is 9.24. The Morgan fingerprint density at radius 3 is 2.58 bits per heavy atom. The molecule has 1 heterocycles. The Hall–Kier alpha value is -4.63. The maximum atomic E-state index is 15.3. The fourth-order valence-electron chi connectivity index (χ4n) is 6.02. The SMILES string of the molecule is CN(C)[C@@H]1C(O)=C(C(N)=O)C(=O)[C@@]2(O)C(O)=C3C(=O)c4c(O)c(NC(=O)Cn5ccnn5)cc(F)c4C[C@H]3C[C@@H]12. The number of aliphatic hydroxyl groups is 3. The number of primary amides is 1. The van der Waals surface area contributed by atoms with Crippen LogP contribution in [0, 0.1) is 17.7 Å². The van der Waals surface area contributed by atoms with Gasteiger partial charge < -0.3 is 31.5 Å². The Morgan fingerprint density at radius 2 is 1.98 bits per heavy atom. The number of fused-ring (bicyclic) bond motifs is 3. The molecular weight excluding hydrogens is 531 g/mol. The highest BCUT2D eigenvalue weighted by molar-refractivity contribution is 6.25. The molecule has 15 heteroatoms. The average Bonchev–Trinajstić information content (AvgIpc) is 3.37. The first-order valence-corrected chi connectivity index (χ1v) is 12.1. The number of phenolic OH excluding ortho intramolecular Hbond substituents is 1. The molecule has 1 aromatic carbocycles. The quantitative estimate of drug-likeness (QED) is 0.203. The summed E-state index contributed by atoms with van der Waals surface area (Å²) < 4.78 is 16.5. The van der Waals surface area contributed by atoms with Crippen LogP contribution in [0.5, 0.6) is 5.75 Å². The number of likely N-dealkylation sites (N-methyl/N-ethyl adjacent to an activating group) is 1. The topological polar surface area (TPSA) is 221 Å². The molecule has 1 aromatic heterocycles. The van der Waals surface area contributed by atoms with Crippen molar-refractivity contribution in [3.05, 3.63) is 58.1 Å². The van der Waals surface area contributed by atoms with Crippen LogP contribution in [-0.2, 0) is 27.3 Å². The first-order chi connectivity index (χ1) is 18.8. The number of nitrogens with two attached hydrogens (primary N) is 1. The van der Waals surface area contributed by atoms with Crippen molar-refractivity contribution in [3.8, 4) is 5.75 Å². The van der Waals surface area contributed by atoms with Crippen molar-refractivity contribution in [1.29, 1.82) is 0 Å². The predicted molar refractivity (Wildman–Crippen MR) is 132 cm³/mol. The fourth-order valence-corrected chi connectivity index (χ4v) is 6.02. The van der Waals surface area contributed by atoms with Gasteiger partial charge in [-0.1, -0.05) is 5.21 Å². The highest BCUT2D eigenvalue weighted by Crippen LogP contribution is 2.53. The molecule has 14 nitrogen and oxygen atoms in total. The number of hydrogen-bond donors (Lipinski definition) is 6. The van der Waals surface area contributed by atoms with Crippen molar-refractivity contribution in [2.75, 3.05) is 19.4 Å². The van der Waals surface area contributed by atoms with Gasteiger partial charge in [-0.25, -0.2) is 9.07 Å². The number of phenols is 1. The van der Waals surface area contributed by atoms with Crippen LogP contribution < -0.4 is 11.1 Å². The number of aromatic hydroxyl groups is 1. The number of aromatic nitrogens is 3. The number of carbonyl (C=O) groups excluding carboxylic acids is 4. The number of allylic oxidation sites excluding steroid dienone is 1. The number of ketones is 2. The van der Waals surface area contributed by atoms with Crippen LogP contribution in [0.25, 0.3) is 0 Å². The van der Waals surface area contributed by atoms with Crippen molar-refractivity contribution in [1.82, 2.24) is 19.9 Å². The molecule has 4 atom stereocenters. The lowest BCUT2D eigenvalue weighted by Gasteiger charge is -2.50. The third-order valence-corrected chi connectivity index (χ3v) is 7.72. The van der Waals surface area contributed by atoms with Gasteiger partial charge in [-0.3, -0.25) is 24.1 Å². The van der Waals surface area contributed by atoms with Crippen LogP contribution in [0.2, 0.25) is 0 Å². The number of amides is 2. The number of hydrogen-bond acceptors (Lipinski definition) is 11. The number of halogens is 1. The molecule has 2 aromatic rings. The third kappa shape index (κ3) is 3.76. The highest BCUT2D eigenvalue weighted by Gasteiger charge is 2.63. The van der Waals surface area contributed by atoms with Gasteiger partial charge in [0.2, 0.25) is 11.7 Å². The summed E-state index contributed by atoms with van der Waals surface area (Å²) in [7, 11) is 3.01. The van der Waals surface area contributed by atoms with Crippen molar-refractivity contribution in [3.63, 3.8) is 0 Å². The van der Waals surface area contributed by atoms with Crippen molar-refractivity contribution >= 4 is 29.1 Å². The van der Waals surface area contributed by atoms with E-state index in [1.807, 2.05) is 0 Å². The van der Waals surface area contributed by atoms with Crippen LogP contribution >= 0.6 is 0 Å². The Bertz CT molecular complexity index is 1550. The molecule has 0 saturated heterocycles. The number of nitrogens with one attached hydrogen (secondary N) is 1. The molecule has 3 aliphatic carbocycles. The van der Waals surface area contributed by atoms with Gasteiger partial charge in [0.1, 0.15) is 29.5 Å². The zero-order valence-corrected chi connectivity index (χ0v) is 21.3. The zero-order chi connectivity index (χ0) is 29.3.